The second kappa shape index (κ2) is 11.3. The largest absolute Gasteiger partial charge is 0.480 e. The van der Waals surface area contributed by atoms with Gasteiger partial charge < -0.3 is 14.8 Å². The molecule has 0 spiro atoms. The first kappa shape index (κ1) is 28.5. The number of anilines is 1. The van der Waals surface area contributed by atoms with E-state index < -0.39 is 40.3 Å². The number of rotatable bonds is 11. The minimum absolute atomic E-state index is 0.0415. The van der Waals surface area contributed by atoms with Crippen LogP contribution < -0.4 is 15.2 Å². The van der Waals surface area contributed by atoms with Crippen molar-refractivity contribution < 1.29 is 26.7 Å². The van der Waals surface area contributed by atoms with Crippen molar-refractivity contribution in [3.63, 3.8) is 0 Å². The van der Waals surface area contributed by atoms with Crippen LogP contribution in [0.5, 0.6) is 5.88 Å². The van der Waals surface area contributed by atoms with Crippen LogP contribution in [0, 0.1) is 11.6 Å². The second-order valence-electron chi connectivity index (χ2n) is 10.1. The summed E-state index contributed by atoms with van der Waals surface area (Å²) in [4.78, 5) is 7.79. The fourth-order valence-corrected chi connectivity index (χ4v) is 5.53. The summed E-state index contributed by atoms with van der Waals surface area (Å²) in [5.41, 5.74) is 0.560. The van der Waals surface area contributed by atoms with Gasteiger partial charge in [0.25, 0.3) is 0 Å². The molecular formula is C25H30F2N6O4SSi. The first-order valence-corrected chi connectivity index (χ1v) is 17.3. The molecule has 1 aromatic carbocycles. The van der Waals surface area contributed by atoms with E-state index in [2.05, 4.69) is 40.0 Å². The van der Waals surface area contributed by atoms with Crippen molar-refractivity contribution in [2.24, 2.45) is 5.14 Å². The van der Waals surface area contributed by atoms with Crippen molar-refractivity contribution in [2.75, 3.05) is 19.0 Å². The number of fused-ring (bicyclic) bond motifs is 1. The lowest BCUT2D eigenvalue weighted by Crippen LogP contribution is -2.22. The minimum atomic E-state index is -4.34. The molecule has 39 heavy (non-hydrogen) atoms. The Morgan fingerprint density at radius 1 is 1.10 bits per heavy atom. The maximum Gasteiger partial charge on any atom is 0.244 e. The van der Waals surface area contributed by atoms with Crippen LogP contribution in [0.1, 0.15) is 5.56 Å². The average Bonchev–Trinajstić information content (AvgIpc) is 3.27. The number of pyridine rings is 2. The Labute approximate surface area is 226 Å². The number of hydrogen-bond acceptors (Lipinski definition) is 8. The fraction of sp³-hybridized carbons (Fsp3) is 0.320. The molecule has 0 unspecified atom stereocenters. The third-order valence-electron chi connectivity index (χ3n) is 5.94. The molecule has 4 aromatic rings. The second-order valence-corrected chi connectivity index (χ2v) is 17.2. The van der Waals surface area contributed by atoms with E-state index >= 15 is 4.39 Å². The summed E-state index contributed by atoms with van der Waals surface area (Å²) in [6, 6.07) is 6.29. The summed E-state index contributed by atoms with van der Waals surface area (Å²) in [5.74, 6) is -2.15. The number of aromatic nitrogens is 4. The summed E-state index contributed by atoms with van der Waals surface area (Å²) in [6.07, 6.45) is 4.49. The summed E-state index contributed by atoms with van der Waals surface area (Å²) in [5, 5.41) is 13.2. The third kappa shape index (κ3) is 6.58. The Morgan fingerprint density at radius 2 is 1.87 bits per heavy atom. The highest BCUT2D eigenvalue weighted by Gasteiger charge is 2.25. The van der Waals surface area contributed by atoms with Crippen molar-refractivity contribution in [1.29, 1.82) is 0 Å². The zero-order chi connectivity index (χ0) is 28.4. The SMILES string of the molecule is COc1nccc(-c2ccc(F)c(NCc3cnc4c(cnn4COCC[Si](C)(C)C)c3)c2F)c1S(N)(=O)=O. The molecule has 0 saturated carbocycles. The van der Waals surface area contributed by atoms with E-state index in [0.717, 1.165) is 23.6 Å². The van der Waals surface area contributed by atoms with Gasteiger partial charge in [-0.3, -0.25) is 0 Å². The van der Waals surface area contributed by atoms with Gasteiger partial charge in [0, 0.05) is 50.1 Å². The number of methoxy groups -OCH3 is 1. The standard InChI is InChI=1S/C25H30F2N6O4SSi/c1-36-25-23(38(28,34)35)19(7-8-29-25)18-5-6-20(26)22(21(18)27)30-12-16-11-17-14-32-33(24(17)31-13-16)15-37-9-10-39(2,3)4/h5-8,11,13-14,30H,9-10,12,15H2,1-4H3,(H2,28,34,35). The van der Waals surface area contributed by atoms with Gasteiger partial charge in [-0.2, -0.15) is 5.10 Å². The Balaban J connectivity index is 1.55. The number of sulfonamides is 1. The molecule has 4 rings (SSSR count). The molecular weight excluding hydrogens is 546 g/mol. The van der Waals surface area contributed by atoms with Gasteiger partial charge in [0.1, 0.15) is 18.2 Å². The zero-order valence-electron chi connectivity index (χ0n) is 22.0. The smallest absolute Gasteiger partial charge is 0.244 e. The molecule has 14 heteroatoms. The number of halogens is 2. The molecule has 0 saturated heterocycles. The summed E-state index contributed by atoms with van der Waals surface area (Å²) < 4.78 is 67.1. The van der Waals surface area contributed by atoms with Crippen molar-refractivity contribution in [3.8, 4) is 17.0 Å². The van der Waals surface area contributed by atoms with Gasteiger partial charge in [0.2, 0.25) is 15.9 Å². The monoisotopic (exact) mass is 576 g/mol. The zero-order valence-corrected chi connectivity index (χ0v) is 23.8. The molecule has 0 amide bonds. The van der Waals surface area contributed by atoms with E-state index in [1.165, 1.54) is 19.4 Å². The van der Waals surface area contributed by atoms with E-state index in [4.69, 9.17) is 14.6 Å². The van der Waals surface area contributed by atoms with Gasteiger partial charge >= 0.3 is 0 Å². The number of primary sulfonamides is 1. The lowest BCUT2D eigenvalue weighted by molar-refractivity contribution is 0.0813. The first-order valence-electron chi connectivity index (χ1n) is 12.1. The normalized spacial score (nSPS) is 12.2. The summed E-state index contributed by atoms with van der Waals surface area (Å²) >= 11 is 0. The van der Waals surface area contributed by atoms with Gasteiger partial charge in [-0.25, -0.2) is 37.0 Å². The Bertz CT molecular complexity index is 1610. The van der Waals surface area contributed by atoms with Crippen molar-refractivity contribution in [2.45, 2.75) is 43.9 Å². The molecule has 3 N–H and O–H groups in total. The van der Waals surface area contributed by atoms with Crippen molar-refractivity contribution in [1.82, 2.24) is 19.7 Å². The van der Waals surface area contributed by atoms with Crippen molar-refractivity contribution >= 4 is 34.8 Å². The first-order chi connectivity index (χ1) is 18.4. The Hall–Kier alpha value is -3.46. The fourth-order valence-electron chi connectivity index (χ4n) is 3.91. The van der Waals surface area contributed by atoms with E-state index in [1.807, 2.05) is 6.07 Å². The summed E-state index contributed by atoms with van der Waals surface area (Å²) in [6.45, 7) is 7.82. The van der Waals surface area contributed by atoms with Gasteiger partial charge in [0.05, 0.1) is 13.3 Å². The van der Waals surface area contributed by atoms with Crippen LogP contribution in [0.25, 0.3) is 22.2 Å². The molecule has 208 valence electrons. The van der Waals surface area contributed by atoms with Crippen LogP contribution in [0.15, 0.2) is 47.8 Å². The number of benzene rings is 1. The Morgan fingerprint density at radius 3 is 2.56 bits per heavy atom. The predicted octanol–water partition coefficient (Wildman–Crippen LogP) is 4.35. The van der Waals surface area contributed by atoms with E-state index in [-0.39, 0.29) is 30.3 Å². The van der Waals surface area contributed by atoms with E-state index in [1.54, 1.807) is 17.1 Å². The maximum absolute atomic E-state index is 15.6. The van der Waals surface area contributed by atoms with Crippen LogP contribution in [-0.4, -0.2) is 50.0 Å². The molecule has 0 aliphatic heterocycles. The highest BCUT2D eigenvalue weighted by atomic mass is 32.2. The average molecular weight is 577 g/mol. The van der Waals surface area contributed by atoms with Crippen LogP contribution in [0.4, 0.5) is 14.5 Å². The van der Waals surface area contributed by atoms with Gasteiger partial charge in [0.15, 0.2) is 16.4 Å². The van der Waals surface area contributed by atoms with E-state index in [9.17, 15) is 12.8 Å². The molecule has 0 atom stereocenters. The topological polar surface area (TPSA) is 134 Å². The third-order valence-corrected chi connectivity index (χ3v) is 8.61. The van der Waals surface area contributed by atoms with Crippen LogP contribution in [0.2, 0.25) is 25.7 Å². The molecule has 0 bridgehead atoms. The number of hydrogen-bond donors (Lipinski definition) is 2. The summed E-state index contributed by atoms with van der Waals surface area (Å²) in [7, 11) is -4.33. The highest BCUT2D eigenvalue weighted by molar-refractivity contribution is 7.89. The predicted molar refractivity (Wildman–Crippen MR) is 146 cm³/mol. The maximum atomic E-state index is 15.6. The lowest BCUT2D eigenvalue weighted by atomic mass is 10.0. The van der Waals surface area contributed by atoms with Crippen molar-refractivity contribution in [3.05, 3.63) is 60.1 Å². The quantitative estimate of drug-likeness (QED) is 0.199. The molecule has 10 nitrogen and oxygen atoms in total. The molecule has 0 radical (unpaired) electrons. The minimum Gasteiger partial charge on any atom is -0.480 e. The number of ether oxygens (including phenoxy) is 2. The molecule has 3 heterocycles. The molecule has 0 aliphatic carbocycles. The van der Waals surface area contributed by atoms with Gasteiger partial charge in [-0.15, -0.1) is 0 Å². The Kier molecular flexibility index (Phi) is 8.30. The van der Waals surface area contributed by atoms with Gasteiger partial charge in [-0.1, -0.05) is 19.6 Å². The molecule has 0 aliphatic rings. The lowest BCUT2D eigenvalue weighted by Gasteiger charge is -2.15. The number of nitrogens with zero attached hydrogens (tertiary/aromatic N) is 4. The van der Waals surface area contributed by atoms with Crippen LogP contribution in [-0.2, 0) is 28.0 Å². The number of nitrogens with one attached hydrogen (secondary N) is 1. The highest BCUT2D eigenvalue weighted by Crippen LogP contribution is 2.36. The van der Waals surface area contributed by atoms with Crippen LogP contribution in [0.3, 0.4) is 0 Å². The van der Waals surface area contributed by atoms with Crippen LogP contribution >= 0.6 is 0 Å². The molecule has 3 aromatic heterocycles. The van der Waals surface area contributed by atoms with Gasteiger partial charge in [-0.05, 0) is 35.9 Å². The van der Waals surface area contributed by atoms with E-state index in [0.29, 0.717) is 17.8 Å². The molecule has 0 fully saturated rings. The number of nitrogens with two attached hydrogens (primary N) is 1.